The first-order chi connectivity index (χ1) is 8.31. The van der Waals surface area contributed by atoms with Gasteiger partial charge in [0.05, 0.1) is 6.10 Å². The molecule has 1 aliphatic rings. The molecule has 1 aromatic rings. The second-order valence-electron chi connectivity index (χ2n) is 4.92. The highest BCUT2D eigenvalue weighted by atomic mass is 32.2. The number of aliphatic hydroxyl groups excluding tert-OH is 1. The Morgan fingerprint density at radius 3 is 2.71 bits per heavy atom. The van der Waals surface area contributed by atoms with Gasteiger partial charge in [0, 0.05) is 10.6 Å². The Balaban J connectivity index is 1.98. The lowest BCUT2D eigenvalue weighted by Crippen LogP contribution is -2.00. The van der Waals surface area contributed by atoms with E-state index in [0.29, 0.717) is 0 Å². The van der Waals surface area contributed by atoms with Crippen LogP contribution in [0.4, 0.5) is 0 Å². The minimum Gasteiger partial charge on any atom is -0.388 e. The topological polar surface area (TPSA) is 20.2 Å². The summed E-state index contributed by atoms with van der Waals surface area (Å²) in [4.78, 5) is 1.27. The van der Waals surface area contributed by atoms with Gasteiger partial charge in [0.15, 0.2) is 0 Å². The van der Waals surface area contributed by atoms with Crippen molar-refractivity contribution < 1.29 is 5.11 Å². The first-order valence-electron chi connectivity index (χ1n) is 6.71. The maximum atomic E-state index is 9.99. The molecule has 0 radical (unpaired) electrons. The molecule has 1 nitrogen and oxygen atoms in total. The van der Waals surface area contributed by atoms with Crippen molar-refractivity contribution in [1.82, 2.24) is 0 Å². The van der Waals surface area contributed by atoms with Crippen molar-refractivity contribution in [3.8, 4) is 0 Å². The molecule has 1 N–H and O–H groups in total. The lowest BCUT2D eigenvalue weighted by atomic mass is 10.1. The maximum absolute atomic E-state index is 9.99. The molecule has 17 heavy (non-hydrogen) atoms. The van der Waals surface area contributed by atoms with Gasteiger partial charge in [-0.05, 0) is 36.8 Å². The lowest BCUT2D eigenvalue weighted by molar-refractivity contribution is 0.171. The number of rotatable bonds is 5. The highest BCUT2D eigenvalue weighted by Gasteiger charge is 2.16. The Bertz CT molecular complexity index is 345. The fourth-order valence-electron chi connectivity index (χ4n) is 2.49. The minimum absolute atomic E-state index is 0.303. The Labute approximate surface area is 109 Å². The van der Waals surface area contributed by atoms with Gasteiger partial charge in [-0.2, -0.15) is 0 Å². The van der Waals surface area contributed by atoms with Crippen LogP contribution >= 0.6 is 11.8 Å². The van der Waals surface area contributed by atoms with E-state index < -0.39 is 0 Å². The minimum atomic E-state index is -0.303. The lowest BCUT2D eigenvalue weighted by Gasteiger charge is -2.15. The van der Waals surface area contributed by atoms with Crippen LogP contribution in [0.25, 0.3) is 0 Å². The molecular formula is C15H22OS. The molecule has 94 valence electrons. The van der Waals surface area contributed by atoms with Gasteiger partial charge in [-0.25, -0.2) is 0 Å². The molecular weight excluding hydrogens is 228 g/mol. The van der Waals surface area contributed by atoms with Crippen molar-refractivity contribution in [2.75, 3.05) is 5.75 Å². The van der Waals surface area contributed by atoms with Crippen LogP contribution in [0.5, 0.6) is 0 Å². The van der Waals surface area contributed by atoms with Crippen molar-refractivity contribution in [2.45, 2.75) is 50.0 Å². The van der Waals surface area contributed by atoms with Gasteiger partial charge in [0.1, 0.15) is 0 Å². The summed E-state index contributed by atoms with van der Waals surface area (Å²) in [5.41, 5.74) is 1.11. The molecule has 0 spiro atoms. The van der Waals surface area contributed by atoms with Crippen LogP contribution in [-0.4, -0.2) is 10.9 Å². The summed E-state index contributed by atoms with van der Waals surface area (Å²) in [5, 5.41) is 9.99. The van der Waals surface area contributed by atoms with Crippen molar-refractivity contribution in [3.05, 3.63) is 29.8 Å². The van der Waals surface area contributed by atoms with Crippen LogP contribution in [0.3, 0.4) is 0 Å². The summed E-state index contributed by atoms with van der Waals surface area (Å²) in [6.45, 7) is 2.03. The van der Waals surface area contributed by atoms with Crippen LogP contribution in [0.1, 0.15) is 50.7 Å². The molecule has 0 heterocycles. The van der Waals surface area contributed by atoms with Crippen molar-refractivity contribution in [3.63, 3.8) is 0 Å². The first-order valence-corrected chi connectivity index (χ1v) is 7.69. The summed E-state index contributed by atoms with van der Waals surface area (Å²) in [6, 6.07) is 8.30. The smallest absolute Gasteiger partial charge is 0.0798 e. The van der Waals surface area contributed by atoms with Crippen LogP contribution < -0.4 is 0 Å². The second-order valence-corrected chi connectivity index (χ2v) is 5.99. The van der Waals surface area contributed by atoms with E-state index >= 15 is 0 Å². The molecule has 0 unspecified atom stereocenters. The second kappa shape index (κ2) is 6.46. The SMILES string of the molecule is CC[C@@H](O)c1ccccc1SCC1CCCC1. The highest BCUT2D eigenvalue weighted by molar-refractivity contribution is 7.99. The van der Waals surface area contributed by atoms with E-state index in [1.807, 2.05) is 24.8 Å². The Kier molecular flexibility index (Phi) is 4.93. The molecule has 2 heteroatoms. The third kappa shape index (κ3) is 3.49. The number of hydrogen-bond acceptors (Lipinski definition) is 2. The average molecular weight is 250 g/mol. The number of benzene rings is 1. The van der Waals surface area contributed by atoms with Gasteiger partial charge >= 0.3 is 0 Å². The Hall–Kier alpha value is -0.470. The molecule has 0 aliphatic heterocycles. The van der Waals surface area contributed by atoms with E-state index in [1.54, 1.807) is 0 Å². The molecule has 1 aromatic carbocycles. The molecule has 0 aromatic heterocycles. The van der Waals surface area contributed by atoms with Gasteiger partial charge in [0.25, 0.3) is 0 Å². The maximum Gasteiger partial charge on any atom is 0.0798 e. The van der Waals surface area contributed by atoms with E-state index in [9.17, 15) is 5.11 Å². The average Bonchev–Trinajstić information content (AvgIpc) is 2.89. The van der Waals surface area contributed by atoms with Crippen molar-refractivity contribution in [1.29, 1.82) is 0 Å². The van der Waals surface area contributed by atoms with Crippen molar-refractivity contribution >= 4 is 11.8 Å². The van der Waals surface area contributed by atoms with Gasteiger partial charge < -0.3 is 5.11 Å². The zero-order valence-corrected chi connectivity index (χ0v) is 11.4. The summed E-state index contributed by atoms with van der Waals surface area (Å²) in [6.07, 6.45) is 6.09. The Morgan fingerprint density at radius 1 is 1.29 bits per heavy atom. The van der Waals surface area contributed by atoms with Crippen LogP contribution in [0, 0.1) is 5.92 Å². The summed E-state index contributed by atoms with van der Waals surface area (Å²) in [7, 11) is 0. The molecule has 1 atom stereocenters. The number of aliphatic hydroxyl groups is 1. The van der Waals surface area contributed by atoms with Crippen molar-refractivity contribution in [2.24, 2.45) is 5.92 Å². The quantitative estimate of drug-likeness (QED) is 0.781. The van der Waals surface area contributed by atoms with Gasteiger partial charge in [-0.15, -0.1) is 11.8 Å². The highest BCUT2D eigenvalue weighted by Crippen LogP contribution is 2.34. The molecule has 1 saturated carbocycles. The zero-order valence-electron chi connectivity index (χ0n) is 10.6. The normalized spacial score (nSPS) is 18.5. The number of thioether (sulfide) groups is 1. The molecule has 0 amide bonds. The standard InChI is InChI=1S/C15H22OS/c1-2-14(16)13-9-5-6-10-15(13)17-11-12-7-3-4-8-12/h5-6,9-10,12,14,16H,2-4,7-8,11H2,1H3/t14-/m1/s1. The van der Waals surface area contributed by atoms with E-state index in [0.717, 1.165) is 17.9 Å². The summed E-state index contributed by atoms with van der Waals surface area (Å²) in [5.74, 6) is 2.11. The molecule has 1 fully saturated rings. The van der Waals surface area contributed by atoms with Crippen LogP contribution in [0.2, 0.25) is 0 Å². The van der Waals surface area contributed by atoms with Crippen LogP contribution in [0.15, 0.2) is 29.2 Å². The molecule has 0 bridgehead atoms. The van der Waals surface area contributed by atoms with E-state index in [4.69, 9.17) is 0 Å². The number of hydrogen-bond donors (Lipinski definition) is 1. The van der Waals surface area contributed by atoms with Gasteiger partial charge in [-0.3, -0.25) is 0 Å². The predicted octanol–water partition coefficient (Wildman–Crippen LogP) is 4.41. The molecule has 1 aliphatic carbocycles. The molecule has 0 saturated heterocycles. The van der Waals surface area contributed by atoms with E-state index in [-0.39, 0.29) is 6.10 Å². The summed E-state index contributed by atoms with van der Waals surface area (Å²) < 4.78 is 0. The van der Waals surface area contributed by atoms with Gasteiger partial charge in [0.2, 0.25) is 0 Å². The van der Waals surface area contributed by atoms with E-state index in [2.05, 4.69) is 18.2 Å². The third-order valence-corrected chi connectivity index (χ3v) is 4.93. The van der Waals surface area contributed by atoms with Gasteiger partial charge in [-0.1, -0.05) is 38.0 Å². The zero-order chi connectivity index (χ0) is 12.1. The fraction of sp³-hybridized carbons (Fsp3) is 0.600. The first kappa shape index (κ1) is 13.0. The monoisotopic (exact) mass is 250 g/mol. The summed E-state index contributed by atoms with van der Waals surface area (Å²) >= 11 is 1.93. The predicted molar refractivity (Wildman–Crippen MR) is 74.4 cm³/mol. The van der Waals surface area contributed by atoms with Crippen LogP contribution in [-0.2, 0) is 0 Å². The van der Waals surface area contributed by atoms with E-state index in [1.165, 1.54) is 36.3 Å². The molecule has 2 rings (SSSR count). The fourth-order valence-corrected chi connectivity index (χ4v) is 3.79. The third-order valence-electron chi connectivity index (χ3n) is 3.61. The largest absolute Gasteiger partial charge is 0.388 e. The Morgan fingerprint density at radius 2 is 2.00 bits per heavy atom.